The number of carbonyl (C=O) groups is 1. The minimum absolute atomic E-state index is 0.144. The fraction of sp³-hybridized carbons (Fsp3) is 0.632. The predicted octanol–water partition coefficient (Wildman–Crippen LogP) is 2.14. The summed E-state index contributed by atoms with van der Waals surface area (Å²) in [6.07, 6.45) is 3.61. The third-order valence-electron chi connectivity index (χ3n) is 5.14. The Morgan fingerprint density at radius 1 is 1.30 bits per heavy atom. The molecular weight excluding hydrogens is 286 g/mol. The lowest BCUT2D eigenvalue weighted by Gasteiger charge is -2.31. The maximum Gasteiger partial charge on any atom is 0.224 e. The van der Waals surface area contributed by atoms with Crippen LogP contribution in [0.2, 0.25) is 0 Å². The molecule has 126 valence electrons. The number of rotatable bonds is 5. The standard InChI is InChI=1S/C19H29N3O/c1-15-5-4-10-22(13-15)14-18-7-3-2-6-16(18)12-21-19(23)17-8-9-20-11-17/h2-3,6-7,15,17,20H,4-5,8-14H2,1H3,(H,21,23)/t15-,17-/m0/s1. The molecule has 1 amide bonds. The van der Waals surface area contributed by atoms with Crippen LogP contribution in [0.1, 0.15) is 37.3 Å². The second-order valence-electron chi connectivity index (χ2n) is 7.16. The van der Waals surface area contributed by atoms with Crippen molar-refractivity contribution in [3.63, 3.8) is 0 Å². The molecule has 4 nitrogen and oxygen atoms in total. The summed E-state index contributed by atoms with van der Waals surface area (Å²) in [6, 6.07) is 8.53. The first-order chi connectivity index (χ1) is 11.2. The van der Waals surface area contributed by atoms with Gasteiger partial charge in [0.1, 0.15) is 0 Å². The van der Waals surface area contributed by atoms with Crippen LogP contribution in [-0.2, 0) is 17.9 Å². The topological polar surface area (TPSA) is 44.4 Å². The quantitative estimate of drug-likeness (QED) is 0.875. The van der Waals surface area contributed by atoms with Crippen molar-refractivity contribution in [1.29, 1.82) is 0 Å². The molecule has 0 bridgehead atoms. The molecule has 0 saturated carbocycles. The monoisotopic (exact) mass is 315 g/mol. The van der Waals surface area contributed by atoms with Crippen LogP contribution in [0.5, 0.6) is 0 Å². The first-order valence-electron chi connectivity index (χ1n) is 9.00. The number of benzene rings is 1. The average Bonchev–Trinajstić information content (AvgIpc) is 3.08. The highest BCUT2D eigenvalue weighted by molar-refractivity contribution is 5.79. The van der Waals surface area contributed by atoms with Crippen LogP contribution in [0, 0.1) is 11.8 Å². The zero-order valence-electron chi connectivity index (χ0n) is 14.2. The van der Waals surface area contributed by atoms with Crippen LogP contribution >= 0.6 is 0 Å². The largest absolute Gasteiger partial charge is 0.352 e. The van der Waals surface area contributed by atoms with E-state index in [0.29, 0.717) is 6.54 Å². The molecule has 2 aliphatic rings. The van der Waals surface area contributed by atoms with E-state index in [4.69, 9.17) is 0 Å². The highest BCUT2D eigenvalue weighted by Gasteiger charge is 2.22. The van der Waals surface area contributed by atoms with Gasteiger partial charge >= 0.3 is 0 Å². The number of amides is 1. The second-order valence-corrected chi connectivity index (χ2v) is 7.16. The van der Waals surface area contributed by atoms with Crippen molar-refractivity contribution in [2.24, 2.45) is 11.8 Å². The average molecular weight is 315 g/mol. The van der Waals surface area contributed by atoms with Gasteiger partial charge < -0.3 is 10.6 Å². The van der Waals surface area contributed by atoms with E-state index in [9.17, 15) is 4.79 Å². The van der Waals surface area contributed by atoms with Gasteiger partial charge in [-0.15, -0.1) is 0 Å². The molecule has 23 heavy (non-hydrogen) atoms. The first-order valence-corrected chi connectivity index (χ1v) is 9.00. The van der Waals surface area contributed by atoms with E-state index in [2.05, 4.69) is 46.7 Å². The maximum atomic E-state index is 12.2. The summed E-state index contributed by atoms with van der Waals surface area (Å²) in [5, 5.41) is 6.38. The Morgan fingerprint density at radius 2 is 2.13 bits per heavy atom. The molecule has 4 heteroatoms. The molecule has 0 aromatic heterocycles. The number of hydrogen-bond acceptors (Lipinski definition) is 3. The zero-order valence-corrected chi connectivity index (χ0v) is 14.2. The first kappa shape index (κ1) is 16.5. The fourth-order valence-corrected chi connectivity index (χ4v) is 3.76. The molecule has 2 atom stereocenters. The molecular formula is C19H29N3O. The molecule has 2 N–H and O–H groups in total. The number of likely N-dealkylation sites (tertiary alicyclic amines) is 1. The molecule has 3 rings (SSSR count). The van der Waals surface area contributed by atoms with E-state index < -0.39 is 0 Å². The lowest BCUT2D eigenvalue weighted by molar-refractivity contribution is -0.124. The molecule has 0 aliphatic carbocycles. The van der Waals surface area contributed by atoms with Gasteiger partial charge in [-0.1, -0.05) is 31.2 Å². The third kappa shape index (κ3) is 4.55. The number of nitrogens with one attached hydrogen (secondary N) is 2. The van der Waals surface area contributed by atoms with Crippen molar-refractivity contribution in [3.8, 4) is 0 Å². The lowest BCUT2D eigenvalue weighted by Crippen LogP contribution is -2.35. The second kappa shape index (κ2) is 7.93. The van der Waals surface area contributed by atoms with Gasteiger partial charge in [0.05, 0.1) is 5.92 Å². The summed E-state index contributed by atoms with van der Waals surface area (Å²) in [5.41, 5.74) is 2.61. The summed E-state index contributed by atoms with van der Waals surface area (Å²) in [6.45, 7) is 8.15. The van der Waals surface area contributed by atoms with Gasteiger partial charge in [-0.05, 0) is 49.4 Å². The minimum atomic E-state index is 0.144. The Bertz CT molecular complexity index is 525. The maximum absolute atomic E-state index is 12.2. The van der Waals surface area contributed by atoms with E-state index >= 15 is 0 Å². The molecule has 1 aromatic carbocycles. The van der Waals surface area contributed by atoms with Crippen LogP contribution in [0.4, 0.5) is 0 Å². The van der Waals surface area contributed by atoms with Crippen molar-refractivity contribution in [3.05, 3.63) is 35.4 Å². The van der Waals surface area contributed by atoms with E-state index in [1.54, 1.807) is 0 Å². The molecule has 1 aromatic rings. The van der Waals surface area contributed by atoms with Gasteiger partial charge in [-0.2, -0.15) is 0 Å². The Balaban J connectivity index is 1.57. The van der Waals surface area contributed by atoms with E-state index in [-0.39, 0.29) is 11.8 Å². The van der Waals surface area contributed by atoms with Crippen LogP contribution < -0.4 is 10.6 Å². The van der Waals surface area contributed by atoms with Crippen molar-refractivity contribution in [2.75, 3.05) is 26.2 Å². The van der Waals surface area contributed by atoms with Gasteiger partial charge in [0.15, 0.2) is 0 Å². The highest BCUT2D eigenvalue weighted by atomic mass is 16.1. The van der Waals surface area contributed by atoms with Crippen molar-refractivity contribution in [1.82, 2.24) is 15.5 Å². The van der Waals surface area contributed by atoms with Gasteiger partial charge in [0, 0.05) is 26.2 Å². The zero-order chi connectivity index (χ0) is 16.1. The smallest absolute Gasteiger partial charge is 0.224 e. The summed E-state index contributed by atoms with van der Waals surface area (Å²) in [7, 11) is 0. The van der Waals surface area contributed by atoms with Crippen molar-refractivity contribution >= 4 is 5.91 Å². The molecule has 2 fully saturated rings. The Kier molecular flexibility index (Phi) is 5.68. The Morgan fingerprint density at radius 3 is 2.87 bits per heavy atom. The lowest BCUT2D eigenvalue weighted by atomic mass is 9.99. The van der Waals surface area contributed by atoms with Gasteiger partial charge in [0.25, 0.3) is 0 Å². The van der Waals surface area contributed by atoms with Gasteiger partial charge in [-0.25, -0.2) is 0 Å². The number of nitrogens with zero attached hydrogens (tertiary/aromatic N) is 1. The van der Waals surface area contributed by atoms with Crippen LogP contribution in [0.15, 0.2) is 24.3 Å². The van der Waals surface area contributed by atoms with E-state index in [1.165, 1.54) is 37.1 Å². The SMILES string of the molecule is C[C@H]1CCCN(Cc2ccccc2CNC(=O)[C@H]2CCNC2)C1. The number of piperidine rings is 1. The molecule has 2 heterocycles. The van der Waals surface area contributed by atoms with E-state index in [0.717, 1.165) is 32.0 Å². The predicted molar refractivity (Wildman–Crippen MR) is 92.9 cm³/mol. The minimum Gasteiger partial charge on any atom is -0.352 e. The van der Waals surface area contributed by atoms with Crippen LogP contribution in [0.3, 0.4) is 0 Å². The number of carbonyl (C=O) groups excluding carboxylic acids is 1. The molecule has 0 spiro atoms. The third-order valence-corrected chi connectivity index (χ3v) is 5.14. The molecule has 2 aliphatic heterocycles. The molecule has 0 unspecified atom stereocenters. The van der Waals surface area contributed by atoms with Crippen molar-refractivity contribution in [2.45, 2.75) is 39.3 Å². The summed E-state index contributed by atoms with van der Waals surface area (Å²) in [4.78, 5) is 14.8. The Hall–Kier alpha value is -1.39. The summed E-state index contributed by atoms with van der Waals surface area (Å²) >= 11 is 0. The van der Waals surface area contributed by atoms with Gasteiger partial charge in [-0.3, -0.25) is 9.69 Å². The summed E-state index contributed by atoms with van der Waals surface area (Å²) < 4.78 is 0. The van der Waals surface area contributed by atoms with E-state index in [1.807, 2.05) is 0 Å². The number of hydrogen-bond donors (Lipinski definition) is 2. The molecule has 0 radical (unpaired) electrons. The fourth-order valence-electron chi connectivity index (χ4n) is 3.76. The molecule has 2 saturated heterocycles. The normalized spacial score (nSPS) is 25.4. The van der Waals surface area contributed by atoms with Crippen molar-refractivity contribution < 1.29 is 4.79 Å². The summed E-state index contributed by atoms with van der Waals surface area (Å²) in [5.74, 6) is 1.13. The van der Waals surface area contributed by atoms with Crippen LogP contribution in [-0.4, -0.2) is 37.0 Å². The van der Waals surface area contributed by atoms with Gasteiger partial charge in [0.2, 0.25) is 5.91 Å². The highest BCUT2D eigenvalue weighted by Crippen LogP contribution is 2.19. The van der Waals surface area contributed by atoms with Crippen LogP contribution in [0.25, 0.3) is 0 Å². The Labute approximate surface area is 139 Å².